The molecule has 0 atom stereocenters. The van der Waals surface area contributed by atoms with Crippen molar-refractivity contribution in [3.63, 3.8) is 0 Å². The van der Waals surface area contributed by atoms with Crippen molar-refractivity contribution in [3.8, 4) is 0 Å². The number of carbonyl (C=O) groups is 1. The van der Waals surface area contributed by atoms with Crippen molar-refractivity contribution in [2.45, 2.75) is 12.8 Å². The molecule has 5 heteroatoms. The fraction of sp³-hybridized carbons (Fsp3) is 0.222. The molecule has 0 unspecified atom stereocenters. The number of anilines is 1. The smallest absolute Gasteiger partial charge is 0.250 e. The van der Waals surface area contributed by atoms with Gasteiger partial charge in [-0.2, -0.15) is 0 Å². The van der Waals surface area contributed by atoms with Crippen LogP contribution in [-0.2, 0) is 22.4 Å². The first-order valence-electron chi connectivity index (χ1n) is 7.56. The van der Waals surface area contributed by atoms with E-state index in [9.17, 15) is 4.79 Å². The maximum absolute atomic E-state index is 11.4. The second-order valence-electron chi connectivity index (χ2n) is 5.38. The van der Waals surface area contributed by atoms with Gasteiger partial charge >= 0.3 is 0 Å². The summed E-state index contributed by atoms with van der Waals surface area (Å²) in [5, 5.41) is 2.78. The lowest BCUT2D eigenvalue weighted by atomic mass is 10.1. The number of ether oxygens (including phenoxy) is 1. The van der Waals surface area contributed by atoms with Crippen LogP contribution in [0.4, 0.5) is 5.69 Å². The summed E-state index contributed by atoms with van der Waals surface area (Å²) in [5.74, 6) is 0.839. The molecule has 0 aliphatic rings. The van der Waals surface area contributed by atoms with E-state index in [1.165, 1.54) is 12.7 Å². The summed E-state index contributed by atoms with van der Waals surface area (Å²) in [6, 6.07) is 15.9. The Kier molecular flexibility index (Phi) is 4.68. The van der Waals surface area contributed by atoms with Gasteiger partial charge in [0.05, 0.1) is 11.0 Å². The summed E-state index contributed by atoms with van der Waals surface area (Å²) < 4.78 is 4.79. The maximum atomic E-state index is 11.4. The Labute approximate surface area is 134 Å². The molecular weight excluding hydrogens is 290 g/mol. The van der Waals surface area contributed by atoms with Crippen molar-refractivity contribution < 1.29 is 9.53 Å². The molecule has 0 spiro atoms. The van der Waals surface area contributed by atoms with Gasteiger partial charge in [-0.1, -0.05) is 24.3 Å². The highest BCUT2D eigenvalue weighted by Gasteiger charge is 2.04. The SMILES string of the molecule is COCC(=O)Nc1ccc(CCc2nc3ccccc3[nH]2)cc1. The standard InChI is InChI=1S/C18H19N3O2/c1-23-12-18(22)19-14-9-6-13(7-10-14)8-11-17-20-15-4-2-3-5-16(15)21-17/h2-7,9-10H,8,11-12H2,1H3,(H,19,22)(H,20,21). The topological polar surface area (TPSA) is 67.0 Å². The van der Waals surface area contributed by atoms with Crippen molar-refractivity contribution >= 4 is 22.6 Å². The molecule has 0 saturated heterocycles. The molecule has 0 bridgehead atoms. The van der Waals surface area contributed by atoms with Gasteiger partial charge in [-0.05, 0) is 36.2 Å². The van der Waals surface area contributed by atoms with Crippen LogP contribution >= 0.6 is 0 Å². The molecule has 23 heavy (non-hydrogen) atoms. The van der Waals surface area contributed by atoms with Crippen LogP contribution in [0.5, 0.6) is 0 Å². The molecule has 118 valence electrons. The number of imidazole rings is 1. The van der Waals surface area contributed by atoms with E-state index in [0.29, 0.717) is 0 Å². The van der Waals surface area contributed by atoms with Crippen LogP contribution in [0.2, 0.25) is 0 Å². The molecule has 1 amide bonds. The van der Waals surface area contributed by atoms with Gasteiger partial charge in [0, 0.05) is 19.2 Å². The Hall–Kier alpha value is -2.66. The number of aryl methyl sites for hydroxylation is 2. The number of fused-ring (bicyclic) bond motifs is 1. The normalized spacial score (nSPS) is 10.8. The third-order valence-electron chi connectivity index (χ3n) is 3.60. The number of H-pyrrole nitrogens is 1. The van der Waals surface area contributed by atoms with E-state index < -0.39 is 0 Å². The number of methoxy groups -OCH3 is 1. The van der Waals surface area contributed by atoms with Crippen LogP contribution in [0.15, 0.2) is 48.5 Å². The summed E-state index contributed by atoms with van der Waals surface area (Å²) in [7, 11) is 1.50. The average molecular weight is 309 g/mol. The number of rotatable bonds is 6. The number of nitrogens with one attached hydrogen (secondary N) is 2. The molecule has 0 aliphatic carbocycles. The summed E-state index contributed by atoms with van der Waals surface area (Å²) >= 11 is 0. The predicted octanol–water partition coefficient (Wildman–Crippen LogP) is 2.93. The molecule has 1 aromatic heterocycles. The zero-order valence-electron chi connectivity index (χ0n) is 13.0. The number of nitrogens with zero attached hydrogens (tertiary/aromatic N) is 1. The minimum atomic E-state index is -0.150. The van der Waals surface area contributed by atoms with Crippen LogP contribution in [-0.4, -0.2) is 29.6 Å². The largest absolute Gasteiger partial charge is 0.375 e. The van der Waals surface area contributed by atoms with Crippen molar-refractivity contribution in [2.24, 2.45) is 0 Å². The monoisotopic (exact) mass is 309 g/mol. The molecule has 3 rings (SSSR count). The maximum Gasteiger partial charge on any atom is 0.250 e. The Balaban J connectivity index is 1.58. The van der Waals surface area contributed by atoms with Gasteiger partial charge in [-0.3, -0.25) is 4.79 Å². The van der Waals surface area contributed by atoms with E-state index in [1.807, 2.05) is 48.5 Å². The van der Waals surface area contributed by atoms with Crippen molar-refractivity contribution in [2.75, 3.05) is 19.0 Å². The number of benzene rings is 2. The molecule has 0 fully saturated rings. The predicted molar refractivity (Wildman–Crippen MR) is 90.4 cm³/mol. The number of amides is 1. The Morgan fingerprint density at radius 3 is 2.65 bits per heavy atom. The second kappa shape index (κ2) is 7.07. The number of para-hydroxylation sites is 2. The highest BCUT2D eigenvalue weighted by Crippen LogP contribution is 2.14. The molecule has 0 radical (unpaired) electrons. The molecule has 3 aromatic rings. The third-order valence-corrected chi connectivity index (χ3v) is 3.60. The Morgan fingerprint density at radius 1 is 1.13 bits per heavy atom. The van der Waals surface area contributed by atoms with Gasteiger partial charge in [-0.15, -0.1) is 0 Å². The number of aromatic nitrogens is 2. The Morgan fingerprint density at radius 2 is 1.91 bits per heavy atom. The number of aromatic amines is 1. The van der Waals surface area contributed by atoms with E-state index >= 15 is 0 Å². The van der Waals surface area contributed by atoms with Crippen LogP contribution in [0.1, 0.15) is 11.4 Å². The van der Waals surface area contributed by atoms with E-state index in [4.69, 9.17) is 4.74 Å². The molecule has 2 N–H and O–H groups in total. The fourth-order valence-corrected chi connectivity index (χ4v) is 2.47. The van der Waals surface area contributed by atoms with Crippen LogP contribution < -0.4 is 5.32 Å². The number of hydrogen-bond donors (Lipinski definition) is 2. The summed E-state index contributed by atoms with van der Waals surface area (Å²) in [4.78, 5) is 19.4. The second-order valence-corrected chi connectivity index (χ2v) is 5.38. The highest BCUT2D eigenvalue weighted by molar-refractivity contribution is 5.91. The van der Waals surface area contributed by atoms with E-state index in [-0.39, 0.29) is 12.5 Å². The van der Waals surface area contributed by atoms with Gasteiger partial charge < -0.3 is 15.0 Å². The van der Waals surface area contributed by atoms with Crippen LogP contribution in [0.3, 0.4) is 0 Å². The van der Waals surface area contributed by atoms with Gasteiger partial charge in [0.2, 0.25) is 5.91 Å². The summed E-state index contributed by atoms with van der Waals surface area (Å²) in [5.41, 5.74) is 4.05. The molecule has 0 saturated carbocycles. The first-order valence-corrected chi connectivity index (χ1v) is 7.56. The first kappa shape index (κ1) is 15.2. The van der Waals surface area contributed by atoms with Crippen molar-refractivity contribution in [1.29, 1.82) is 0 Å². The van der Waals surface area contributed by atoms with Crippen LogP contribution in [0, 0.1) is 0 Å². The van der Waals surface area contributed by atoms with Gasteiger partial charge in [0.15, 0.2) is 0 Å². The van der Waals surface area contributed by atoms with Crippen molar-refractivity contribution in [1.82, 2.24) is 9.97 Å². The first-order chi connectivity index (χ1) is 11.2. The quantitative estimate of drug-likeness (QED) is 0.735. The van der Waals surface area contributed by atoms with Gasteiger partial charge in [-0.25, -0.2) is 4.98 Å². The van der Waals surface area contributed by atoms with E-state index in [2.05, 4.69) is 15.3 Å². The molecule has 1 heterocycles. The minimum Gasteiger partial charge on any atom is -0.375 e. The zero-order valence-corrected chi connectivity index (χ0v) is 13.0. The average Bonchev–Trinajstić information content (AvgIpc) is 2.97. The summed E-state index contributed by atoms with van der Waals surface area (Å²) in [6.45, 7) is 0.0633. The van der Waals surface area contributed by atoms with Gasteiger partial charge in [0.1, 0.15) is 12.4 Å². The minimum absolute atomic E-state index is 0.0633. The fourth-order valence-electron chi connectivity index (χ4n) is 2.47. The lowest BCUT2D eigenvalue weighted by Crippen LogP contribution is -2.16. The molecule has 5 nitrogen and oxygen atoms in total. The molecule has 0 aliphatic heterocycles. The third kappa shape index (κ3) is 3.96. The van der Waals surface area contributed by atoms with Crippen LogP contribution in [0.25, 0.3) is 11.0 Å². The van der Waals surface area contributed by atoms with E-state index in [1.54, 1.807) is 0 Å². The Bertz CT molecular complexity index is 760. The van der Waals surface area contributed by atoms with Gasteiger partial charge in [0.25, 0.3) is 0 Å². The number of hydrogen-bond acceptors (Lipinski definition) is 3. The molecule has 2 aromatic carbocycles. The molecular formula is C18H19N3O2. The summed E-state index contributed by atoms with van der Waals surface area (Å²) in [6.07, 6.45) is 1.75. The lowest BCUT2D eigenvalue weighted by Gasteiger charge is -2.05. The van der Waals surface area contributed by atoms with E-state index in [0.717, 1.165) is 35.4 Å². The lowest BCUT2D eigenvalue weighted by molar-refractivity contribution is -0.119. The van der Waals surface area contributed by atoms with Crippen molar-refractivity contribution in [3.05, 3.63) is 59.9 Å². The highest BCUT2D eigenvalue weighted by atomic mass is 16.5. The number of carbonyl (C=O) groups excluding carboxylic acids is 1. The zero-order chi connectivity index (χ0) is 16.1.